The Labute approximate surface area is 172 Å². The second-order valence-corrected chi connectivity index (χ2v) is 7.56. The zero-order valence-electron chi connectivity index (χ0n) is 16.8. The summed E-state index contributed by atoms with van der Waals surface area (Å²) in [5.41, 5.74) is 2.53. The molecular formula is C23H22N4O3. The normalized spacial score (nSPS) is 11.3. The Balaban J connectivity index is 1.50. The molecule has 2 aromatic heterocycles. The van der Waals surface area contributed by atoms with Crippen molar-refractivity contribution in [3.8, 4) is 0 Å². The highest BCUT2D eigenvalue weighted by Gasteiger charge is 2.10. The van der Waals surface area contributed by atoms with Gasteiger partial charge in [0.1, 0.15) is 0 Å². The third-order valence-electron chi connectivity index (χ3n) is 5.09. The molecule has 0 aliphatic carbocycles. The molecule has 0 fully saturated rings. The quantitative estimate of drug-likeness (QED) is 0.535. The van der Waals surface area contributed by atoms with Crippen molar-refractivity contribution >= 4 is 33.4 Å². The van der Waals surface area contributed by atoms with Crippen LogP contribution >= 0.6 is 0 Å². The van der Waals surface area contributed by atoms with E-state index in [1.165, 1.54) is 10.9 Å². The molecule has 4 aromatic rings. The number of amides is 1. The van der Waals surface area contributed by atoms with Gasteiger partial charge in [0, 0.05) is 30.1 Å². The first-order valence-electron chi connectivity index (χ1n) is 9.83. The van der Waals surface area contributed by atoms with E-state index in [0.29, 0.717) is 22.1 Å². The summed E-state index contributed by atoms with van der Waals surface area (Å²) >= 11 is 0. The monoisotopic (exact) mass is 402 g/mol. The lowest BCUT2D eigenvalue weighted by atomic mass is 9.99. The zero-order chi connectivity index (χ0) is 21.3. The second kappa shape index (κ2) is 7.94. The highest BCUT2D eigenvalue weighted by molar-refractivity contribution is 5.94. The smallest absolute Gasteiger partial charge is 0.261 e. The Kier molecular flexibility index (Phi) is 5.18. The maximum atomic E-state index is 12.5. The molecule has 0 radical (unpaired) electrons. The van der Waals surface area contributed by atoms with Crippen LogP contribution in [-0.2, 0) is 11.3 Å². The summed E-state index contributed by atoms with van der Waals surface area (Å²) in [6.45, 7) is 4.30. The van der Waals surface area contributed by atoms with Crippen molar-refractivity contribution in [2.75, 3.05) is 5.32 Å². The van der Waals surface area contributed by atoms with Crippen LogP contribution < -0.4 is 16.4 Å². The number of para-hydroxylation sites is 1. The number of carbonyl (C=O) groups excluding carboxylic acids is 1. The Morgan fingerprint density at radius 3 is 2.70 bits per heavy atom. The van der Waals surface area contributed by atoms with Crippen molar-refractivity contribution in [1.29, 1.82) is 0 Å². The Bertz CT molecular complexity index is 1370. The number of carbonyl (C=O) groups is 1. The van der Waals surface area contributed by atoms with Crippen LogP contribution in [0.5, 0.6) is 0 Å². The van der Waals surface area contributed by atoms with Crippen molar-refractivity contribution < 1.29 is 4.79 Å². The van der Waals surface area contributed by atoms with Crippen LogP contribution in [0.4, 0.5) is 5.69 Å². The summed E-state index contributed by atoms with van der Waals surface area (Å²) in [4.78, 5) is 44.0. The molecule has 2 aromatic carbocycles. The summed E-state index contributed by atoms with van der Waals surface area (Å²) in [5, 5.41) is 4.31. The SMILES string of the molecule is CC(C)c1cc(=O)[nH]c2cc(NC(=O)CCn3cnc4ccccc4c3=O)ccc12. The van der Waals surface area contributed by atoms with Crippen molar-refractivity contribution in [2.45, 2.75) is 32.7 Å². The van der Waals surface area contributed by atoms with E-state index in [2.05, 4.69) is 15.3 Å². The topological polar surface area (TPSA) is 96.8 Å². The molecule has 30 heavy (non-hydrogen) atoms. The Hall–Kier alpha value is -3.74. The maximum absolute atomic E-state index is 12.5. The van der Waals surface area contributed by atoms with E-state index in [0.717, 1.165) is 10.9 Å². The van der Waals surface area contributed by atoms with Gasteiger partial charge in [-0.05, 0) is 35.7 Å². The molecule has 2 N–H and O–H groups in total. The van der Waals surface area contributed by atoms with E-state index in [9.17, 15) is 14.4 Å². The fourth-order valence-corrected chi connectivity index (χ4v) is 3.55. The van der Waals surface area contributed by atoms with Crippen molar-refractivity contribution in [2.24, 2.45) is 0 Å². The van der Waals surface area contributed by atoms with Crippen molar-refractivity contribution in [1.82, 2.24) is 14.5 Å². The minimum Gasteiger partial charge on any atom is -0.326 e. The summed E-state index contributed by atoms with van der Waals surface area (Å²) < 4.78 is 1.44. The molecule has 7 heteroatoms. The molecule has 0 saturated carbocycles. The Morgan fingerprint density at radius 2 is 1.90 bits per heavy atom. The average molecular weight is 402 g/mol. The molecule has 152 valence electrons. The van der Waals surface area contributed by atoms with Gasteiger partial charge in [-0.25, -0.2) is 4.98 Å². The number of aromatic nitrogens is 3. The number of rotatable bonds is 5. The van der Waals surface area contributed by atoms with Gasteiger partial charge >= 0.3 is 0 Å². The highest BCUT2D eigenvalue weighted by atomic mass is 16.2. The van der Waals surface area contributed by atoms with E-state index < -0.39 is 0 Å². The number of nitrogens with zero attached hydrogens (tertiary/aromatic N) is 2. The number of pyridine rings is 1. The molecule has 4 rings (SSSR count). The molecule has 0 spiro atoms. The van der Waals surface area contributed by atoms with Gasteiger partial charge < -0.3 is 10.3 Å². The number of hydrogen-bond donors (Lipinski definition) is 2. The van der Waals surface area contributed by atoms with E-state index in [-0.39, 0.29) is 35.9 Å². The van der Waals surface area contributed by atoms with Crippen LogP contribution in [0.1, 0.15) is 31.7 Å². The van der Waals surface area contributed by atoms with Gasteiger partial charge in [-0.1, -0.05) is 32.0 Å². The first-order chi connectivity index (χ1) is 14.4. The largest absolute Gasteiger partial charge is 0.326 e. The molecule has 2 heterocycles. The van der Waals surface area contributed by atoms with Crippen LogP contribution in [0.25, 0.3) is 21.8 Å². The van der Waals surface area contributed by atoms with Gasteiger partial charge in [-0.3, -0.25) is 19.0 Å². The highest BCUT2D eigenvalue weighted by Crippen LogP contribution is 2.25. The average Bonchev–Trinajstić information content (AvgIpc) is 2.72. The van der Waals surface area contributed by atoms with Gasteiger partial charge in [0.15, 0.2) is 0 Å². The summed E-state index contributed by atoms with van der Waals surface area (Å²) in [6, 6.07) is 14.2. The number of hydrogen-bond acceptors (Lipinski definition) is 4. The van der Waals surface area contributed by atoms with E-state index in [1.54, 1.807) is 30.3 Å². The van der Waals surface area contributed by atoms with E-state index in [1.807, 2.05) is 32.0 Å². The molecule has 7 nitrogen and oxygen atoms in total. The lowest BCUT2D eigenvalue weighted by Crippen LogP contribution is -2.23. The predicted octanol–water partition coefficient (Wildman–Crippen LogP) is 3.39. The van der Waals surface area contributed by atoms with E-state index >= 15 is 0 Å². The number of fused-ring (bicyclic) bond motifs is 2. The molecule has 0 bridgehead atoms. The number of benzene rings is 2. The molecular weight excluding hydrogens is 380 g/mol. The Morgan fingerprint density at radius 1 is 1.10 bits per heavy atom. The van der Waals surface area contributed by atoms with E-state index in [4.69, 9.17) is 0 Å². The van der Waals surface area contributed by atoms with Crippen LogP contribution in [-0.4, -0.2) is 20.4 Å². The van der Waals surface area contributed by atoms with Crippen LogP contribution in [0.15, 0.2) is 64.4 Å². The first kappa shape index (κ1) is 19.6. The number of anilines is 1. The minimum absolute atomic E-state index is 0.126. The number of aromatic amines is 1. The molecule has 0 atom stereocenters. The molecule has 0 saturated heterocycles. The standard InChI is InChI=1S/C23H22N4O3/c1-14(2)18-12-22(29)26-20-11-15(7-8-16(18)20)25-21(28)9-10-27-13-24-19-6-4-3-5-17(19)23(27)30/h3-8,11-14H,9-10H2,1-2H3,(H,25,28)(H,26,29). The third kappa shape index (κ3) is 3.87. The lowest BCUT2D eigenvalue weighted by molar-refractivity contribution is -0.116. The molecule has 1 amide bonds. The van der Waals surface area contributed by atoms with Crippen LogP contribution in [0.2, 0.25) is 0 Å². The number of aryl methyl sites for hydroxylation is 1. The lowest BCUT2D eigenvalue weighted by Gasteiger charge is -2.12. The van der Waals surface area contributed by atoms with Gasteiger partial charge in [-0.2, -0.15) is 0 Å². The summed E-state index contributed by atoms with van der Waals surface area (Å²) in [5.74, 6) is -0.0131. The number of nitrogens with one attached hydrogen (secondary N) is 2. The fourth-order valence-electron chi connectivity index (χ4n) is 3.55. The fraction of sp³-hybridized carbons (Fsp3) is 0.217. The van der Waals surface area contributed by atoms with Crippen molar-refractivity contribution in [3.05, 3.63) is 81.1 Å². The second-order valence-electron chi connectivity index (χ2n) is 7.56. The first-order valence-corrected chi connectivity index (χ1v) is 9.83. The third-order valence-corrected chi connectivity index (χ3v) is 5.09. The van der Waals surface area contributed by atoms with Crippen LogP contribution in [0, 0.1) is 0 Å². The summed E-state index contributed by atoms with van der Waals surface area (Å²) in [7, 11) is 0. The van der Waals surface area contributed by atoms with Gasteiger partial charge in [-0.15, -0.1) is 0 Å². The van der Waals surface area contributed by atoms with Gasteiger partial charge in [0.2, 0.25) is 11.5 Å². The van der Waals surface area contributed by atoms with Crippen LogP contribution in [0.3, 0.4) is 0 Å². The molecule has 0 aliphatic rings. The van der Waals surface area contributed by atoms with Gasteiger partial charge in [0.25, 0.3) is 5.56 Å². The predicted molar refractivity (Wildman–Crippen MR) is 118 cm³/mol. The number of H-pyrrole nitrogens is 1. The zero-order valence-corrected chi connectivity index (χ0v) is 16.8. The van der Waals surface area contributed by atoms with Gasteiger partial charge in [0.05, 0.1) is 22.7 Å². The summed E-state index contributed by atoms with van der Waals surface area (Å²) in [6.07, 6.45) is 1.59. The molecule has 0 aliphatic heterocycles. The van der Waals surface area contributed by atoms with Crippen molar-refractivity contribution in [3.63, 3.8) is 0 Å². The maximum Gasteiger partial charge on any atom is 0.261 e. The molecule has 0 unspecified atom stereocenters. The minimum atomic E-state index is -0.225.